The quantitative estimate of drug-likeness (QED) is 0.417. The zero-order chi connectivity index (χ0) is 20.8. The Morgan fingerprint density at radius 3 is 2.28 bits per heavy atom. The van der Waals surface area contributed by atoms with E-state index in [1.807, 2.05) is 6.07 Å². The lowest BCUT2D eigenvalue weighted by molar-refractivity contribution is -0.148. The summed E-state index contributed by atoms with van der Waals surface area (Å²) < 4.78 is 18.5. The van der Waals surface area contributed by atoms with E-state index in [-0.39, 0.29) is 5.82 Å². The predicted molar refractivity (Wildman–Crippen MR) is 103 cm³/mol. The van der Waals surface area contributed by atoms with Gasteiger partial charge in [0.1, 0.15) is 5.82 Å². The second-order valence-electron chi connectivity index (χ2n) is 7.06. The van der Waals surface area contributed by atoms with Crippen LogP contribution in [0.15, 0.2) is 42.5 Å². The van der Waals surface area contributed by atoms with Crippen molar-refractivity contribution >= 4 is 17.5 Å². The van der Waals surface area contributed by atoms with Crippen molar-refractivity contribution < 1.29 is 28.6 Å². The fraction of sp³-hybridized carbons (Fsp3) is 0.318. The van der Waals surface area contributed by atoms with Crippen LogP contribution in [0.3, 0.4) is 0 Å². The number of carbonyl (C=O) groups is 3. The minimum Gasteiger partial charge on any atom is -0.475 e. The first-order valence-corrected chi connectivity index (χ1v) is 9.37. The molecule has 3 rings (SSSR count). The molecular weight excluding hydrogens is 377 g/mol. The van der Waals surface area contributed by atoms with E-state index in [2.05, 4.69) is 4.90 Å². The molecule has 1 heterocycles. The van der Waals surface area contributed by atoms with E-state index < -0.39 is 24.0 Å². The van der Waals surface area contributed by atoms with Crippen LogP contribution in [0.25, 0.3) is 0 Å². The maximum atomic E-state index is 13.2. The van der Waals surface area contributed by atoms with Gasteiger partial charge < -0.3 is 9.84 Å². The molecule has 0 saturated carbocycles. The molecule has 2 aromatic carbocycles. The first kappa shape index (κ1) is 20.8. The van der Waals surface area contributed by atoms with Crippen molar-refractivity contribution in [2.75, 3.05) is 26.3 Å². The number of morpholine rings is 1. The van der Waals surface area contributed by atoms with E-state index in [4.69, 9.17) is 9.84 Å². The first-order chi connectivity index (χ1) is 13.9. The first-order valence-electron chi connectivity index (χ1n) is 9.37. The van der Waals surface area contributed by atoms with E-state index in [0.29, 0.717) is 31.7 Å². The lowest BCUT2D eigenvalue weighted by Crippen LogP contribution is -2.35. The third kappa shape index (κ3) is 6.04. The third-order valence-corrected chi connectivity index (χ3v) is 4.77. The van der Waals surface area contributed by atoms with Crippen LogP contribution < -0.4 is 0 Å². The van der Waals surface area contributed by atoms with Gasteiger partial charge in [-0.05, 0) is 47.4 Å². The Morgan fingerprint density at radius 1 is 0.966 bits per heavy atom. The molecule has 0 unspecified atom stereocenters. The summed E-state index contributed by atoms with van der Waals surface area (Å²) in [5, 5.41) is 8.77. The van der Waals surface area contributed by atoms with Crippen molar-refractivity contribution in [2.24, 2.45) is 0 Å². The Kier molecular flexibility index (Phi) is 6.85. The van der Waals surface area contributed by atoms with Crippen LogP contribution in [0.2, 0.25) is 0 Å². The van der Waals surface area contributed by atoms with Crippen LogP contribution >= 0.6 is 0 Å². The van der Waals surface area contributed by atoms with Crippen molar-refractivity contribution in [3.63, 3.8) is 0 Å². The zero-order valence-electron chi connectivity index (χ0n) is 15.9. The largest absolute Gasteiger partial charge is 0.475 e. The number of nitrogens with zero attached hydrogens (tertiary/aromatic N) is 1. The minimum absolute atomic E-state index is 0.308. The highest BCUT2D eigenvalue weighted by atomic mass is 19.1. The van der Waals surface area contributed by atoms with E-state index in [1.54, 1.807) is 24.3 Å². The number of carboxylic acid groups (broad SMARTS) is 1. The molecule has 0 amide bonds. The molecule has 0 radical (unpaired) electrons. The van der Waals surface area contributed by atoms with Gasteiger partial charge in [0.05, 0.1) is 19.6 Å². The maximum Gasteiger partial charge on any atom is 0.372 e. The monoisotopic (exact) mass is 399 g/mol. The number of carbonyl (C=O) groups excluding carboxylic acids is 2. The Labute approximate surface area is 167 Å². The molecule has 1 aliphatic heterocycles. The third-order valence-electron chi connectivity index (χ3n) is 4.77. The van der Waals surface area contributed by atoms with Gasteiger partial charge in [-0.15, -0.1) is 0 Å². The number of ketones is 2. The number of rotatable bonds is 8. The number of hydrogen-bond acceptors (Lipinski definition) is 5. The summed E-state index contributed by atoms with van der Waals surface area (Å²) in [6.45, 7) is 3.47. The summed E-state index contributed by atoms with van der Waals surface area (Å²) in [6.07, 6.45) is -0.184. The number of Topliss-reactive ketones (excluding diaryl/α,β-unsaturated/α-hetero) is 2. The fourth-order valence-electron chi connectivity index (χ4n) is 3.30. The van der Waals surface area contributed by atoms with Gasteiger partial charge in [0, 0.05) is 25.2 Å². The molecular formula is C22H22FNO5. The van der Waals surface area contributed by atoms with Gasteiger partial charge in [-0.25, -0.2) is 9.18 Å². The summed E-state index contributed by atoms with van der Waals surface area (Å²) in [7, 11) is 0. The normalized spacial score (nSPS) is 14.5. The molecule has 0 atom stereocenters. The smallest absolute Gasteiger partial charge is 0.372 e. The van der Waals surface area contributed by atoms with E-state index in [9.17, 15) is 18.8 Å². The van der Waals surface area contributed by atoms with E-state index in [0.717, 1.165) is 29.8 Å². The lowest BCUT2D eigenvalue weighted by atomic mass is 9.96. The molecule has 1 aliphatic rings. The molecule has 29 heavy (non-hydrogen) atoms. The highest BCUT2D eigenvalue weighted by molar-refractivity contribution is 6.37. The lowest BCUT2D eigenvalue weighted by Gasteiger charge is -2.27. The van der Waals surface area contributed by atoms with Crippen LogP contribution in [0.4, 0.5) is 4.39 Å². The number of ether oxygens (including phenoxy) is 1. The summed E-state index contributed by atoms with van der Waals surface area (Å²) >= 11 is 0. The highest BCUT2D eigenvalue weighted by Gasteiger charge is 2.19. The van der Waals surface area contributed by atoms with Gasteiger partial charge in [-0.2, -0.15) is 0 Å². The molecule has 1 saturated heterocycles. The number of aliphatic carboxylic acids is 1. The maximum absolute atomic E-state index is 13.2. The molecule has 6 nitrogen and oxygen atoms in total. The van der Waals surface area contributed by atoms with Gasteiger partial charge in [0.15, 0.2) is 5.78 Å². The van der Waals surface area contributed by atoms with Crippen LogP contribution in [-0.2, 0) is 27.3 Å². The predicted octanol–water partition coefficient (Wildman–Crippen LogP) is 2.48. The van der Waals surface area contributed by atoms with Gasteiger partial charge in [0.2, 0.25) is 5.78 Å². The standard InChI is InChI=1S/C22H22FNO5/c23-19-3-1-15(2-4-19)9-16-10-17(14-24-5-7-29-8-6-24)12-18(11-16)20(25)13-21(26)22(27)28/h1-4,10-12H,5-9,13-14H2,(H,27,28). The number of benzene rings is 2. The molecule has 0 aliphatic carbocycles. The summed E-state index contributed by atoms with van der Waals surface area (Å²) in [5.74, 6) is -3.59. The van der Waals surface area contributed by atoms with Crippen molar-refractivity contribution in [1.82, 2.24) is 4.90 Å². The van der Waals surface area contributed by atoms with E-state index >= 15 is 0 Å². The molecule has 7 heteroatoms. The van der Waals surface area contributed by atoms with Gasteiger partial charge in [0.25, 0.3) is 0 Å². The van der Waals surface area contributed by atoms with Gasteiger partial charge in [-0.1, -0.05) is 18.2 Å². The summed E-state index contributed by atoms with van der Waals surface area (Å²) in [6, 6.07) is 11.5. The summed E-state index contributed by atoms with van der Waals surface area (Å²) in [5.41, 5.74) is 2.93. The molecule has 0 aromatic heterocycles. The average Bonchev–Trinajstić information content (AvgIpc) is 2.70. The van der Waals surface area contributed by atoms with Crippen LogP contribution in [0.5, 0.6) is 0 Å². The van der Waals surface area contributed by atoms with Crippen molar-refractivity contribution in [3.05, 3.63) is 70.5 Å². The van der Waals surface area contributed by atoms with Crippen molar-refractivity contribution in [3.8, 4) is 0 Å². The van der Waals surface area contributed by atoms with Crippen LogP contribution in [0.1, 0.15) is 33.5 Å². The second kappa shape index (κ2) is 9.54. The average molecular weight is 399 g/mol. The van der Waals surface area contributed by atoms with Crippen LogP contribution in [0, 0.1) is 5.82 Å². The van der Waals surface area contributed by atoms with Gasteiger partial charge >= 0.3 is 5.97 Å². The van der Waals surface area contributed by atoms with Gasteiger partial charge in [-0.3, -0.25) is 14.5 Å². The molecule has 1 N–H and O–H groups in total. The number of halogens is 1. The van der Waals surface area contributed by atoms with Crippen molar-refractivity contribution in [2.45, 2.75) is 19.4 Å². The summed E-state index contributed by atoms with van der Waals surface area (Å²) in [4.78, 5) is 36.9. The Bertz CT molecular complexity index is 904. The Hall–Kier alpha value is -2.90. The van der Waals surface area contributed by atoms with Crippen LogP contribution in [-0.4, -0.2) is 53.8 Å². The molecule has 0 spiro atoms. The molecule has 152 valence electrons. The molecule has 0 bridgehead atoms. The highest BCUT2D eigenvalue weighted by Crippen LogP contribution is 2.19. The van der Waals surface area contributed by atoms with E-state index in [1.165, 1.54) is 12.1 Å². The minimum atomic E-state index is -1.62. The van der Waals surface area contributed by atoms with Crippen molar-refractivity contribution in [1.29, 1.82) is 0 Å². The second-order valence-corrected chi connectivity index (χ2v) is 7.06. The SMILES string of the molecule is O=C(O)C(=O)CC(=O)c1cc(Cc2ccc(F)cc2)cc(CN2CCOCC2)c1. The Balaban J connectivity index is 1.85. The number of hydrogen-bond donors (Lipinski definition) is 1. The topological polar surface area (TPSA) is 83.9 Å². The number of carboxylic acids is 1. The zero-order valence-corrected chi connectivity index (χ0v) is 15.9. The Morgan fingerprint density at radius 2 is 1.62 bits per heavy atom. The molecule has 1 fully saturated rings. The fourth-order valence-corrected chi connectivity index (χ4v) is 3.30. The molecule has 2 aromatic rings.